The average Bonchev–Trinajstić information content (AvgIpc) is 3.07. The lowest BCUT2D eigenvalue weighted by Gasteiger charge is -2.31. The van der Waals surface area contributed by atoms with Gasteiger partial charge >= 0.3 is 0 Å². The molecule has 0 radical (unpaired) electrons. The summed E-state index contributed by atoms with van der Waals surface area (Å²) in [6, 6.07) is 12.4. The van der Waals surface area contributed by atoms with Crippen molar-refractivity contribution in [3.8, 4) is 5.75 Å². The Bertz CT molecular complexity index is 871. The van der Waals surface area contributed by atoms with Crippen LogP contribution in [0.3, 0.4) is 0 Å². The van der Waals surface area contributed by atoms with Crippen LogP contribution in [0.15, 0.2) is 47.1 Å². The van der Waals surface area contributed by atoms with Gasteiger partial charge in [-0.2, -0.15) is 0 Å². The van der Waals surface area contributed by atoms with Crippen molar-refractivity contribution >= 4 is 21.6 Å². The average molecular weight is 401 g/mol. The molecule has 1 aliphatic heterocycles. The normalized spacial score (nSPS) is 16.4. The molecule has 5 nitrogen and oxygen atoms in total. The summed E-state index contributed by atoms with van der Waals surface area (Å²) in [5, 5.41) is 8.72. The first-order chi connectivity index (χ1) is 12.2. The van der Waals surface area contributed by atoms with Gasteiger partial charge in [0.2, 0.25) is 0 Å². The molecule has 1 aliphatic rings. The first kappa shape index (κ1) is 16.5. The molecule has 3 aromatic rings. The second kappa shape index (κ2) is 7.14. The summed E-state index contributed by atoms with van der Waals surface area (Å²) in [4.78, 5) is 2.51. The molecular formula is C19H21BrN4O. The maximum atomic E-state index is 5.30. The second-order valence-corrected chi connectivity index (χ2v) is 7.36. The van der Waals surface area contributed by atoms with E-state index in [-0.39, 0.29) is 0 Å². The summed E-state index contributed by atoms with van der Waals surface area (Å²) in [5.41, 5.74) is 2.24. The predicted molar refractivity (Wildman–Crippen MR) is 101 cm³/mol. The zero-order valence-corrected chi connectivity index (χ0v) is 15.8. The molecule has 0 atom stereocenters. The van der Waals surface area contributed by atoms with Crippen LogP contribution in [0.5, 0.6) is 5.75 Å². The van der Waals surface area contributed by atoms with Gasteiger partial charge in [-0.15, -0.1) is 10.2 Å². The number of ether oxygens (including phenoxy) is 1. The number of halogens is 1. The van der Waals surface area contributed by atoms with Crippen molar-refractivity contribution in [2.24, 2.45) is 0 Å². The van der Waals surface area contributed by atoms with Crippen molar-refractivity contribution in [3.05, 3.63) is 58.5 Å². The number of piperidine rings is 1. The number of hydrogen-bond donors (Lipinski definition) is 0. The maximum absolute atomic E-state index is 5.30. The molecule has 6 heteroatoms. The number of pyridine rings is 1. The Balaban J connectivity index is 1.41. The SMILES string of the molecule is COc1ccc(CN2CCC(c3nnc4ccccn34)CC2)cc1Br. The monoisotopic (exact) mass is 400 g/mol. The highest BCUT2D eigenvalue weighted by Gasteiger charge is 2.24. The molecule has 0 saturated carbocycles. The number of aromatic nitrogens is 3. The van der Waals surface area contributed by atoms with E-state index in [9.17, 15) is 0 Å². The van der Waals surface area contributed by atoms with E-state index < -0.39 is 0 Å². The first-order valence-corrected chi connectivity index (χ1v) is 9.38. The van der Waals surface area contributed by atoms with Crippen LogP contribution in [0.1, 0.15) is 30.1 Å². The number of fused-ring (bicyclic) bond motifs is 1. The van der Waals surface area contributed by atoms with Gasteiger partial charge in [0.15, 0.2) is 5.65 Å². The van der Waals surface area contributed by atoms with E-state index in [2.05, 4.69) is 53.8 Å². The van der Waals surface area contributed by atoms with Gasteiger partial charge in [0.25, 0.3) is 0 Å². The van der Waals surface area contributed by atoms with Crippen LogP contribution in [-0.2, 0) is 6.54 Å². The first-order valence-electron chi connectivity index (χ1n) is 8.59. The standard InChI is InChI=1S/C19H21BrN4O/c1-25-17-6-5-14(12-16(17)20)13-23-10-7-15(8-11-23)19-22-21-18-4-2-3-9-24(18)19/h2-6,9,12,15H,7-8,10-11,13H2,1H3. The van der Waals surface area contributed by atoms with Crippen LogP contribution >= 0.6 is 15.9 Å². The van der Waals surface area contributed by atoms with E-state index >= 15 is 0 Å². The van der Waals surface area contributed by atoms with Crippen molar-refractivity contribution in [3.63, 3.8) is 0 Å². The quantitative estimate of drug-likeness (QED) is 0.666. The second-order valence-electron chi connectivity index (χ2n) is 6.51. The fourth-order valence-corrected chi connectivity index (χ4v) is 4.14. The highest BCUT2D eigenvalue weighted by molar-refractivity contribution is 9.10. The molecule has 1 saturated heterocycles. The molecule has 0 spiro atoms. The van der Waals surface area contributed by atoms with Gasteiger partial charge in [-0.05, 0) is 71.7 Å². The molecule has 3 heterocycles. The molecule has 0 aliphatic carbocycles. The topological polar surface area (TPSA) is 42.7 Å². The Kier molecular flexibility index (Phi) is 4.72. The van der Waals surface area contributed by atoms with Crippen molar-refractivity contribution in [2.45, 2.75) is 25.3 Å². The van der Waals surface area contributed by atoms with Crippen molar-refractivity contribution in [2.75, 3.05) is 20.2 Å². The Morgan fingerprint density at radius 3 is 2.76 bits per heavy atom. The smallest absolute Gasteiger partial charge is 0.160 e. The van der Waals surface area contributed by atoms with Gasteiger partial charge in [-0.25, -0.2) is 0 Å². The van der Waals surface area contributed by atoms with E-state index in [1.165, 1.54) is 5.56 Å². The molecule has 0 amide bonds. The van der Waals surface area contributed by atoms with Gasteiger partial charge in [-0.3, -0.25) is 9.30 Å². The van der Waals surface area contributed by atoms with Gasteiger partial charge in [0, 0.05) is 18.7 Å². The Labute approximate surface area is 155 Å². The number of nitrogens with zero attached hydrogens (tertiary/aromatic N) is 4. The fourth-order valence-electron chi connectivity index (χ4n) is 3.55. The molecular weight excluding hydrogens is 380 g/mol. The zero-order valence-electron chi connectivity index (χ0n) is 14.2. The van der Waals surface area contributed by atoms with E-state index in [4.69, 9.17) is 4.74 Å². The summed E-state index contributed by atoms with van der Waals surface area (Å²) >= 11 is 3.57. The minimum Gasteiger partial charge on any atom is -0.496 e. The lowest BCUT2D eigenvalue weighted by Crippen LogP contribution is -2.33. The molecule has 130 valence electrons. The maximum Gasteiger partial charge on any atom is 0.160 e. The predicted octanol–water partition coefficient (Wildman–Crippen LogP) is 3.88. The summed E-state index contributed by atoms with van der Waals surface area (Å²) in [7, 11) is 1.69. The van der Waals surface area contributed by atoms with Crippen LogP contribution < -0.4 is 4.74 Å². The Morgan fingerprint density at radius 2 is 2.00 bits per heavy atom. The molecule has 0 unspecified atom stereocenters. The third-order valence-corrected chi connectivity index (χ3v) is 5.53. The summed E-state index contributed by atoms with van der Waals surface area (Å²) < 4.78 is 8.44. The lowest BCUT2D eigenvalue weighted by molar-refractivity contribution is 0.201. The third kappa shape index (κ3) is 3.41. The molecule has 0 N–H and O–H groups in total. The largest absolute Gasteiger partial charge is 0.496 e. The summed E-state index contributed by atoms with van der Waals surface area (Å²) in [5.74, 6) is 2.46. The lowest BCUT2D eigenvalue weighted by atomic mass is 9.95. The minimum absolute atomic E-state index is 0.483. The van der Waals surface area contributed by atoms with E-state index in [0.29, 0.717) is 5.92 Å². The van der Waals surface area contributed by atoms with Crippen molar-refractivity contribution in [1.29, 1.82) is 0 Å². The molecule has 4 rings (SSSR count). The van der Waals surface area contributed by atoms with Crippen molar-refractivity contribution < 1.29 is 4.74 Å². The number of benzene rings is 1. The molecule has 0 bridgehead atoms. The van der Waals surface area contributed by atoms with Crippen molar-refractivity contribution in [1.82, 2.24) is 19.5 Å². The highest BCUT2D eigenvalue weighted by Crippen LogP contribution is 2.29. The third-order valence-electron chi connectivity index (χ3n) is 4.92. The number of methoxy groups -OCH3 is 1. The van der Waals surface area contributed by atoms with Gasteiger partial charge in [0.05, 0.1) is 11.6 Å². The van der Waals surface area contributed by atoms with E-state index in [1.807, 2.05) is 24.3 Å². The van der Waals surface area contributed by atoms with Gasteiger partial charge in [-0.1, -0.05) is 12.1 Å². The highest BCUT2D eigenvalue weighted by atomic mass is 79.9. The Morgan fingerprint density at radius 1 is 1.16 bits per heavy atom. The zero-order chi connectivity index (χ0) is 17.2. The van der Waals surface area contributed by atoms with Gasteiger partial charge < -0.3 is 4.74 Å². The molecule has 2 aromatic heterocycles. The van der Waals surface area contributed by atoms with Crippen LogP contribution in [0.25, 0.3) is 5.65 Å². The van der Waals surface area contributed by atoms with Crippen LogP contribution in [-0.4, -0.2) is 39.7 Å². The van der Waals surface area contributed by atoms with Crippen LogP contribution in [0.2, 0.25) is 0 Å². The molecule has 1 aromatic carbocycles. The van der Waals surface area contributed by atoms with E-state index in [0.717, 1.165) is 54.2 Å². The van der Waals surface area contributed by atoms with E-state index in [1.54, 1.807) is 7.11 Å². The molecule has 1 fully saturated rings. The number of likely N-dealkylation sites (tertiary alicyclic amines) is 1. The molecule has 25 heavy (non-hydrogen) atoms. The Hall–Kier alpha value is -1.92. The summed E-state index contributed by atoms with van der Waals surface area (Å²) in [6.07, 6.45) is 4.30. The van der Waals surface area contributed by atoms with Gasteiger partial charge in [0.1, 0.15) is 11.6 Å². The summed E-state index contributed by atoms with van der Waals surface area (Å²) in [6.45, 7) is 3.13. The minimum atomic E-state index is 0.483. The number of rotatable bonds is 4. The number of hydrogen-bond acceptors (Lipinski definition) is 4. The van der Waals surface area contributed by atoms with Crippen LogP contribution in [0, 0.1) is 0 Å². The van der Waals surface area contributed by atoms with Crippen LogP contribution in [0.4, 0.5) is 0 Å². The fraction of sp³-hybridized carbons (Fsp3) is 0.368.